The minimum absolute atomic E-state index is 0.153. The monoisotopic (exact) mass is 296 g/mol. The Morgan fingerprint density at radius 1 is 1.50 bits per heavy atom. The van der Waals surface area contributed by atoms with E-state index in [-0.39, 0.29) is 5.12 Å². The first-order valence-electron chi connectivity index (χ1n) is 4.98. The summed E-state index contributed by atoms with van der Waals surface area (Å²) in [4.78, 5) is 10.7. The summed E-state index contributed by atoms with van der Waals surface area (Å²) in [5.74, 6) is 6.91. The second-order valence-electron chi connectivity index (χ2n) is 3.36. The zero-order valence-corrected chi connectivity index (χ0v) is 11.7. The van der Waals surface area contributed by atoms with E-state index in [1.165, 1.54) is 17.3 Å². The first-order chi connectivity index (χ1) is 7.59. The third-order valence-electron chi connectivity index (χ3n) is 1.94. The molecule has 1 rings (SSSR count). The first kappa shape index (κ1) is 13.3. The van der Waals surface area contributed by atoms with Gasteiger partial charge in [-0.15, -0.1) is 0 Å². The lowest BCUT2D eigenvalue weighted by Gasteiger charge is -1.97. The highest BCUT2D eigenvalue weighted by Crippen LogP contribution is 2.16. The molecule has 3 heteroatoms. The molecule has 0 spiro atoms. The van der Waals surface area contributed by atoms with E-state index in [0.29, 0.717) is 0 Å². The van der Waals surface area contributed by atoms with E-state index in [1.807, 2.05) is 25.1 Å². The summed E-state index contributed by atoms with van der Waals surface area (Å²) in [5, 5.41) is 0.153. The molecular formula is C13H13BrOS. The third kappa shape index (κ3) is 4.87. The first-order valence-corrected chi connectivity index (χ1v) is 6.76. The van der Waals surface area contributed by atoms with Crippen LogP contribution < -0.4 is 0 Å². The van der Waals surface area contributed by atoms with E-state index in [9.17, 15) is 4.79 Å². The van der Waals surface area contributed by atoms with E-state index >= 15 is 0 Å². The highest BCUT2D eigenvalue weighted by Gasteiger charge is 1.94. The van der Waals surface area contributed by atoms with Crippen molar-refractivity contribution in [3.05, 3.63) is 33.8 Å². The summed E-state index contributed by atoms with van der Waals surface area (Å²) in [5.41, 5.74) is 2.21. The molecule has 0 radical (unpaired) electrons. The number of carbonyl (C=O) groups is 1. The fraction of sp³-hybridized carbons (Fsp3) is 0.308. The van der Waals surface area contributed by atoms with Crippen molar-refractivity contribution >= 4 is 32.8 Å². The Kier molecular flexibility index (Phi) is 5.65. The van der Waals surface area contributed by atoms with Crippen LogP contribution in [0.25, 0.3) is 0 Å². The van der Waals surface area contributed by atoms with Gasteiger partial charge < -0.3 is 0 Å². The summed E-state index contributed by atoms with van der Waals surface area (Å²) >= 11 is 4.79. The van der Waals surface area contributed by atoms with Crippen molar-refractivity contribution in [1.82, 2.24) is 0 Å². The molecule has 0 aliphatic heterocycles. The number of aryl methyl sites for hydroxylation is 1. The summed E-state index contributed by atoms with van der Waals surface area (Å²) in [6.07, 6.45) is 0.746. The second kappa shape index (κ2) is 6.78. The van der Waals surface area contributed by atoms with Crippen molar-refractivity contribution in [3.63, 3.8) is 0 Å². The Bertz CT molecular complexity index is 443. The van der Waals surface area contributed by atoms with Gasteiger partial charge in [-0.05, 0) is 24.6 Å². The number of carbonyl (C=O) groups excluding carboxylic acids is 1. The van der Waals surface area contributed by atoms with Crippen molar-refractivity contribution < 1.29 is 4.79 Å². The molecule has 0 amide bonds. The molecule has 0 fully saturated rings. The zero-order chi connectivity index (χ0) is 12.0. The Balaban J connectivity index is 2.50. The Morgan fingerprint density at radius 3 is 2.88 bits per heavy atom. The molecule has 0 bridgehead atoms. The third-order valence-corrected chi connectivity index (χ3v) is 3.61. The molecule has 1 aromatic carbocycles. The lowest BCUT2D eigenvalue weighted by atomic mass is 10.1. The molecule has 0 saturated heterocycles. The van der Waals surface area contributed by atoms with Crippen LogP contribution in [0.1, 0.15) is 24.5 Å². The topological polar surface area (TPSA) is 17.1 Å². The zero-order valence-electron chi connectivity index (χ0n) is 9.34. The van der Waals surface area contributed by atoms with Gasteiger partial charge in [0, 0.05) is 29.1 Å². The summed E-state index contributed by atoms with van der Waals surface area (Å²) in [7, 11) is 0. The van der Waals surface area contributed by atoms with Crippen LogP contribution in [-0.2, 0) is 4.79 Å². The van der Waals surface area contributed by atoms with Gasteiger partial charge in [-0.1, -0.05) is 45.6 Å². The van der Waals surface area contributed by atoms with E-state index < -0.39 is 0 Å². The maximum atomic E-state index is 10.7. The van der Waals surface area contributed by atoms with Crippen LogP contribution in [0.5, 0.6) is 0 Å². The number of rotatable bonds is 2. The summed E-state index contributed by atoms with van der Waals surface area (Å²) < 4.78 is 1.08. The SMILES string of the molecule is CC(=O)SCCC#Cc1ccc(C)c(Br)c1. The van der Waals surface area contributed by atoms with E-state index in [2.05, 4.69) is 27.8 Å². The fourth-order valence-corrected chi connectivity index (χ4v) is 1.95. The molecule has 0 aliphatic carbocycles. The minimum Gasteiger partial charge on any atom is -0.288 e. The fourth-order valence-electron chi connectivity index (χ4n) is 1.08. The van der Waals surface area contributed by atoms with Crippen molar-refractivity contribution in [2.75, 3.05) is 5.75 Å². The van der Waals surface area contributed by atoms with Crippen molar-refractivity contribution in [3.8, 4) is 11.8 Å². The van der Waals surface area contributed by atoms with Gasteiger partial charge in [0.1, 0.15) is 0 Å². The molecule has 84 valence electrons. The number of hydrogen-bond acceptors (Lipinski definition) is 2. The van der Waals surface area contributed by atoms with Crippen LogP contribution in [0.2, 0.25) is 0 Å². The standard InChI is InChI=1S/C13H13BrOS/c1-10-6-7-12(9-13(10)14)5-3-4-8-16-11(2)15/h6-7,9H,4,8H2,1-2H3. The molecule has 0 aromatic heterocycles. The van der Waals surface area contributed by atoms with Crippen LogP contribution in [0, 0.1) is 18.8 Å². The quantitative estimate of drug-likeness (QED) is 0.610. The lowest BCUT2D eigenvalue weighted by molar-refractivity contribution is -0.109. The van der Waals surface area contributed by atoms with Crippen LogP contribution in [0.4, 0.5) is 0 Å². The second-order valence-corrected chi connectivity index (χ2v) is 5.48. The van der Waals surface area contributed by atoms with Crippen LogP contribution in [0.15, 0.2) is 22.7 Å². The summed E-state index contributed by atoms with van der Waals surface area (Å²) in [6.45, 7) is 3.62. The summed E-state index contributed by atoms with van der Waals surface area (Å²) in [6, 6.07) is 6.06. The van der Waals surface area contributed by atoms with Crippen molar-refractivity contribution in [2.45, 2.75) is 20.3 Å². The van der Waals surface area contributed by atoms with Crippen LogP contribution >= 0.6 is 27.7 Å². The number of benzene rings is 1. The van der Waals surface area contributed by atoms with Gasteiger partial charge in [0.15, 0.2) is 5.12 Å². The highest BCUT2D eigenvalue weighted by atomic mass is 79.9. The van der Waals surface area contributed by atoms with Crippen molar-refractivity contribution in [2.24, 2.45) is 0 Å². The highest BCUT2D eigenvalue weighted by molar-refractivity contribution is 9.10. The number of thioether (sulfide) groups is 1. The lowest BCUT2D eigenvalue weighted by Crippen LogP contribution is -1.84. The van der Waals surface area contributed by atoms with Gasteiger partial charge in [-0.2, -0.15) is 0 Å². The van der Waals surface area contributed by atoms with Gasteiger partial charge in [0.25, 0.3) is 0 Å². The van der Waals surface area contributed by atoms with Crippen LogP contribution in [-0.4, -0.2) is 10.9 Å². The van der Waals surface area contributed by atoms with E-state index in [4.69, 9.17) is 0 Å². The molecule has 0 atom stereocenters. The molecule has 16 heavy (non-hydrogen) atoms. The largest absolute Gasteiger partial charge is 0.288 e. The van der Waals surface area contributed by atoms with Gasteiger partial charge in [-0.3, -0.25) is 4.79 Å². The normalized spacial score (nSPS) is 9.44. The predicted octanol–water partition coefficient (Wildman–Crippen LogP) is 3.78. The van der Waals surface area contributed by atoms with Crippen molar-refractivity contribution in [1.29, 1.82) is 0 Å². The Morgan fingerprint density at radius 2 is 2.25 bits per heavy atom. The van der Waals surface area contributed by atoms with E-state index in [0.717, 1.165) is 22.2 Å². The Hall–Kier alpha value is -0.720. The van der Waals surface area contributed by atoms with Gasteiger partial charge in [0.05, 0.1) is 0 Å². The predicted molar refractivity (Wildman–Crippen MR) is 73.5 cm³/mol. The average Bonchev–Trinajstić information content (AvgIpc) is 2.22. The van der Waals surface area contributed by atoms with Gasteiger partial charge in [-0.25, -0.2) is 0 Å². The Labute approximate surface area is 109 Å². The maximum absolute atomic E-state index is 10.7. The molecule has 0 N–H and O–H groups in total. The maximum Gasteiger partial charge on any atom is 0.185 e. The molecule has 0 aliphatic rings. The molecular weight excluding hydrogens is 284 g/mol. The minimum atomic E-state index is 0.153. The molecule has 0 unspecified atom stereocenters. The average molecular weight is 297 g/mol. The molecule has 0 saturated carbocycles. The van der Waals surface area contributed by atoms with Gasteiger partial charge >= 0.3 is 0 Å². The smallest absolute Gasteiger partial charge is 0.185 e. The molecule has 1 nitrogen and oxygen atoms in total. The molecule has 1 aromatic rings. The van der Waals surface area contributed by atoms with Gasteiger partial charge in [0.2, 0.25) is 0 Å². The number of halogens is 1. The number of hydrogen-bond donors (Lipinski definition) is 0. The van der Waals surface area contributed by atoms with Crippen LogP contribution in [0.3, 0.4) is 0 Å². The molecule has 0 heterocycles. The van der Waals surface area contributed by atoms with E-state index in [1.54, 1.807) is 6.92 Å².